The zero-order valence-corrected chi connectivity index (χ0v) is 12.7. The van der Waals surface area contributed by atoms with E-state index in [1.807, 2.05) is 0 Å². The Kier molecular flexibility index (Phi) is 5.13. The zero-order valence-electron chi connectivity index (χ0n) is 11.9. The van der Waals surface area contributed by atoms with Crippen molar-refractivity contribution >= 4 is 21.6 Å². The van der Waals surface area contributed by atoms with E-state index in [-0.39, 0.29) is 23.6 Å². The molecule has 2 rings (SSSR count). The number of urea groups is 1. The maximum absolute atomic E-state index is 12.4. The zero-order chi connectivity index (χ0) is 15.3. The van der Waals surface area contributed by atoms with Gasteiger partial charge in [0.05, 0.1) is 18.1 Å². The summed E-state index contributed by atoms with van der Waals surface area (Å²) >= 11 is 0. The summed E-state index contributed by atoms with van der Waals surface area (Å²) in [6, 6.07) is 2.74. The van der Waals surface area contributed by atoms with Crippen LogP contribution in [0.5, 0.6) is 0 Å². The molecule has 1 aromatic heterocycles. The largest absolute Gasteiger partial charge is 0.383 e. The Bertz CT molecular complexity index is 576. The number of sulfone groups is 1. The van der Waals surface area contributed by atoms with Crippen LogP contribution in [0.3, 0.4) is 0 Å². The van der Waals surface area contributed by atoms with Crippen molar-refractivity contribution in [3.8, 4) is 0 Å². The molecule has 1 unspecified atom stereocenters. The average Bonchev–Trinajstić information content (AvgIpc) is 2.80. The fourth-order valence-corrected chi connectivity index (χ4v) is 4.02. The standard InChI is InChI=1S/C13H19N3O4S/c1-20-8-7-16(12-4-9-21(18,19)10-12)13(17)15-11-2-5-14-6-3-11/h2-3,5-6,12H,4,7-10H2,1H3,(H,14,15,17). The van der Waals surface area contributed by atoms with Crippen LogP contribution in [-0.2, 0) is 14.6 Å². The summed E-state index contributed by atoms with van der Waals surface area (Å²) in [6.07, 6.45) is 3.63. The van der Waals surface area contributed by atoms with Gasteiger partial charge in [0.15, 0.2) is 9.84 Å². The van der Waals surface area contributed by atoms with Crippen LogP contribution in [0.1, 0.15) is 6.42 Å². The van der Waals surface area contributed by atoms with Crippen molar-refractivity contribution in [2.45, 2.75) is 12.5 Å². The first-order valence-corrected chi connectivity index (χ1v) is 8.51. The molecule has 1 fully saturated rings. The first-order chi connectivity index (χ1) is 10.0. The second-order valence-electron chi connectivity index (χ2n) is 4.91. The van der Waals surface area contributed by atoms with Crippen LogP contribution < -0.4 is 5.32 Å². The Morgan fingerprint density at radius 1 is 1.48 bits per heavy atom. The van der Waals surface area contributed by atoms with Gasteiger partial charge in [0.1, 0.15) is 0 Å². The first-order valence-electron chi connectivity index (χ1n) is 6.69. The van der Waals surface area contributed by atoms with E-state index >= 15 is 0 Å². The molecule has 0 spiro atoms. The number of hydrogen-bond acceptors (Lipinski definition) is 5. The third-order valence-electron chi connectivity index (χ3n) is 3.38. The molecular weight excluding hydrogens is 294 g/mol. The van der Waals surface area contributed by atoms with E-state index in [4.69, 9.17) is 4.74 Å². The number of ether oxygens (including phenoxy) is 1. The molecule has 1 aliphatic rings. The van der Waals surface area contributed by atoms with Crippen LogP contribution in [-0.4, -0.2) is 62.1 Å². The monoisotopic (exact) mass is 313 g/mol. The normalized spacial score (nSPS) is 20.1. The highest BCUT2D eigenvalue weighted by Crippen LogP contribution is 2.19. The van der Waals surface area contributed by atoms with E-state index in [1.165, 1.54) is 4.90 Å². The van der Waals surface area contributed by atoms with Crippen molar-refractivity contribution in [1.82, 2.24) is 9.88 Å². The van der Waals surface area contributed by atoms with Crippen molar-refractivity contribution in [3.63, 3.8) is 0 Å². The van der Waals surface area contributed by atoms with Gasteiger partial charge in [-0.15, -0.1) is 0 Å². The number of pyridine rings is 1. The molecular formula is C13H19N3O4S. The van der Waals surface area contributed by atoms with Gasteiger partial charge < -0.3 is 15.0 Å². The van der Waals surface area contributed by atoms with Crippen molar-refractivity contribution in [2.75, 3.05) is 37.1 Å². The number of anilines is 1. The summed E-state index contributed by atoms with van der Waals surface area (Å²) in [4.78, 5) is 17.8. The maximum Gasteiger partial charge on any atom is 0.322 e. The van der Waals surface area contributed by atoms with E-state index in [9.17, 15) is 13.2 Å². The summed E-state index contributed by atoms with van der Waals surface area (Å²) in [5.41, 5.74) is 0.623. The molecule has 1 saturated heterocycles. The minimum absolute atomic E-state index is 0.0144. The Balaban J connectivity index is 2.06. The number of amides is 2. The van der Waals surface area contributed by atoms with Gasteiger partial charge in [-0.2, -0.15) is 0 Å². The first kappa shape index (κ1) is 15.7. The molecule has 0 aliphatic carbocycles. The third-order valence-corrected chi connectivity index (χ3v) is 5.13. The van der Waals surface area contributed by atoms with E-state index < -0.39 is 9.84 Å². The fraction of sp³-hybridized carbons (Fsp3) is 0.538. The summed E-state index contributed by atoms with van der Waals surface area (Å²) in [7, 11) is -1.50. The van der Waals surface area contributed by atoms with Gasteiger partial charge in [-0.05, 0) is 18.6 Å². The molecule has 1 aliphatic heterocycles. The molecule has 0 radical (unpaired) electrons. The summed E-state index contributed by atoms with van der Waals surface area (Å²) in [6.45, 7) is 0.716. The lowest BCUT2D eigenvalue weighted by Crippen LogP contribution is -2.45. The molecule has 1 N–H and O–H groups in total. The fourth-order valence-electron chi connectivity index (χ4n) is 2.29. The second kappa shape index (κ2) is 6.86. The number of nitrogens with one attached hydrogen (secondary N) is 1. The number of aromatic nitrogens is 1. The molecule has 116 valence electrons. The molecule has 21 heavy (non-hydrogen) atoms. The SMILES string of the molecule is COCCN(C(=O)Nc1ccncc1)C1CCS(=O)(=O)C1. The van der Waals surface area contributed by atoms with Crippen molar-refractivity contribution in [1.29, 1.82) is 0 Å². The number of carbonyl (C=O) groups excluding carboxylic acids is 1. The van der Waals surface area contributed by atoms with Crippen molar-refractivity contribution in [3.05, 3.63) is 24.5 Å². The van der Waals surface area contributed by atoms with Gasteiger partial charge >= 0.3 is 6.03 Å². The number of rotatable bonds is 5. The lowest BCUT2D eigenvalue weighted by atomic mass is 10.2. The molecule has 8 heteroatoms. The number of hydrogen-bond donors (Lipinski definition) is 1. The highest BCUT2D eigenvalue weighted by atomic mass is 32.2. The Morgan fingerprint density at radius 2 is 2.19 bits per heavy atom. The van der Waals surface area contributed by atoms with Gasteiger partial charge in [-0.1, -0.05) is 0 Å². The van der Waals surface area contributed by atoms with Crippen LogP contribution in [0, 0.1) is 0 Å². The highest BCUT2D eigenvalue weighted by Gasteiger charge is 2.34. The van der Waals surface area contributed by atoms with Gasteiger partial charge in [0, 0.05) is 37.8 Å². The quantitative estimate of drug-likeness (QED) is 0.866. The number of nitrogens with zero attached hydrogens (tertiary/aromatic N) is 2. The average molecular weight is 313 g/mol. The predicted molar refractivity (Wildman–Crippen MR) is 78.9 cm³/mol. The number of carbonyl (C=O) groups is 1. The Morgan fingerprint density at radius 3 is 2.76 bits per heavy atom. The topological polar surface area (TPSA) is 88.6 Å². The highest BCUT2D eigenvalue weighted by molar-refractivity contribution is 7.91. The van der Waals surface area contributed by atoms with Gasteiger partial charge in [0.25, 0.3) is 0 Å². The van der Waals surface area contributed by atoms with Crippen molar-refractivity contribution in [2.24, 2.45) is 0 Å². The van der Waals surface area contributed by atoms with E-state index in [0.29, 0.717) is 25.3 Å². The van der Waals surface area contributed by atoms with Crippen LogP contribution in [0.15, 0.2) is 24.5 Å². The third kappa shape index (κ3) is 4.40. The molecule has 1 atom stereocenters. The lowest BCUT2D eigenvalue weighted by molar-refractivity contribution is 0.140. The Hall–Kier alpha value is -1.67. The van der Waals surface area contributed by atoms with Crippen LogP contribution >= 0.6 is 0 Å². The summed E-state index contributed by atoms with van der Waals surface area (Å²) < 4.78 is 28.2. The lowest BCUT2D eigenvalue weighted by Gasteiger charge is -2.28. The van der Waals surface area contributed by atoms with Gasteiger partial charge in [0.2, 0.25) is 0 Å². The molecule has 1 aromatic rings. The van der Waals surface area contributed by atoms with Crippen molar-refractivity contribution < 1.29 is 17.9 Å². The molecule has 0 saturated carbocycles. The van der Waals surface area contributed by atoms with Gasteiger partial charge in [-0.25, -0.2) is 13.2 Å². The van der Waals surface area contributed by atoms with E-state index in [1.54, 1.807) is 31.6 Å². The summed E-state index contributed by atoms with van der Waals surface area (Å²) in [5, 5.41) is 2.75. The van der Waals surface area contributed by atoms with Crippen LogP contribution in [0.4, 0.5) is 10.5 Å². The number of methoxy groups -OCH3 is 1. The van der Waals surface area contributed by atoms with Gasteiger partial charge in [-0.3, -0.25) is 4.98 Å². The van der Waals surface area contributed by atoms with Crippen LogP contribution in [0.25, 0.3) is 0 Å². The molecule has 0 aromatic carbocycles. The minimum Gasteiger partial charge on any atom is -0.383 e. The predicted octanol–water partition coefficient (Wildman–Crippen LogP) is 0.749. The second-order valence-corrected chi connectivity index (χ2v) is 7.14. The molecule has 7 nitrogen and oxygen atoms in total. The van der Waals surface area contributed by atoms with E-state index in [0.717, 1.165) is 0 Å². The smallest absolute Gasteiger partial charge is 0.322 e. The molecule has 2 heterocycles. The molecule has 2 amide bonds. The minimum atomic E-state index is -3.04. The molecule has 0 bridgehead atoms. The maximum atomic E-state index is 12.4. The summed E-state index contributed by atoms with van der Waals surface area (Å²) in [5.74, 6) is 0.143. The van der Waals surface area contributed by atoms with Crippen LogP contribution in [0.2, 0.25) is 0 Å². The van der Waals surface area contributed by atoms with E-state index in [2.05, 4.69) is 10.3 Å². The Labute approximate surface area is 124 Å².